The van der Waals surface area contributed by atoms with E-state index in [1.807, 2.05) is 0 Å². The highest BCUT2D eigenvalue weighted by atomic mass is 35.5. The highest BCUT2D eigenvalue weighted by Gasteiger charge is 1.99. The molecule has 0 amide bonds. The Balaban J connectivity index is 2.95. The van der Waals surface area contributed by atoms with E-state index in [9.17, 15) is 4.91 Å². The van der Waals surface area contributed by atoms with Gasteiger partial charge >= 0.3 is 0 Å². The van der Waals surface area contributed by atoms with Gasteiger partial charge in [-0.2, -0.15) is 4.91 Å². The Morgan fingerprint density at radius 3 is 2.82 bits per heavy atom. The third-order valence-corrected chi connectivity index (χ3v) is 1.79. The van der Waals surface area contributed by atoms with E-state index in [1.54, 1.807) is 6.07 Å². The van der Waals surface area contributed by atoms with Gasteiger partial charge in [-0.3, -0.25) is 0 Å². The number of rotatable bonds is 2. The summed E-state index contributed by atoms with van der Waals surface area (Å²) in [7, 11) is 0. The Labute approximate surface area is 73.3 Å². The van der Waals surface area contributed by atoms with E-state index < -0.39 is 0 Å². The normalized spacial score (nSPS) is 9.64. The van der Waals surface area contributed by atoms with Gasteiger partial charge in [-0.05, 0) is 11.6 Å². The number of hydrogen-bond donors (Lipinski definition) is 0. The number of aromatic nitrogens is 1. The zero-order chi connectivity index (χ0) is 8.27. The van der Waals surface area contributed by atoms with Gasteiger partial charge in [0.1, 0.15) is 11.7 Å². The molecule has 0 unspecified atom stereocenters. The molecule has 0 bridgehead atoms. The molecule has 1 aromatic heterocycles. The quantitative estimate of drug-likeness (QED) is 0.532. The van der Waals surface area contributed by atoms with E-state index in [-0.39, 0.29) is 11.7 Å². The molecule has 11 heavy (non-hydrogen) atoms. The summed E-state index contributed by atoms with van der Waals surface area (Å²) >= 11 is 11.1. The molecule has 1 aromatic rings. The van der Waals surface area contributed by atoms with Crippen LogP contribution in [0.15, 0.2) is 17.4 Å². The summed E-state index contributed by atoms with van der Waals surface area (Å²) in [6.45, 7) is 0.0733. The third-order valence-electron chi connectivity index (χ3n) is 1.10. The van der Waals surface area contributed by atoms with Crippen molar-refractivity contribution in [2.75, 3.05) is 0 Å². The maximum absolute atomic E-state index is 9.82. The summed E-state index contributed by atoms with van der Waals surface area (Å²) in [6, 6.07) is 1.57. The predicted molar refractivity (Wildman–Crippen MR) is 43.8 cm³/mol. The highest BCUT2D eigenvalue weighted by molar-refractivity contribution is 6.41. The lowest BCUT2D eigenvalue weighted by Gasteiger charge is -1.95. The summed E-state index contributed by atoms with van der Waals surface area (Å²) in [5.41, 5.74) is 0.661. The van der Waals surface area contributed by atoms with Crippen LogP contribution in [-0.2, 0) is 6.54 Å². The van der Waals surface area contributed by atoms with Crippen LogP contribution in [0.3, 0.4) is 0 Å². The predicted octanol–water partition coefficient (Wildman–Crippen LogP) is 2.65. The minimum Gasteiger partial charge on any atom is -0.243 e. The lowest BCUT2D eigenvalue weighted by molar-refractivity contribution is 1.03. The smallest absolute Gasteiger partial charge is 0.147 e. The van der Waals surface area contributed by atoms with Gasteiger partial charge in [-0.1, -0.05) is 28.4 Å². The second kappa shape index (κ2) is 3.64. The van der Waals surface area contributed by atoms with Crippen LogP contribution in [0.1, 0.15) is 5.56 Å². The van der Waals surface area contributed by atoms with Crippen LogP contribution in [0.4, 0.5) is 0 Å². The molecule has 0 aliphatic rings. The Kier molecular flexibility index (Phi) is 2.79. The zero-order valence-electron chi connectivity index (χ0n) is 5.42. The van der Waals surface area contributed by atoms with Crippen molar-refractivity contribution in [3.8, 4) is 0 Å². The summed E-state index contributed by atoms with van der Waals surface area (Å²) in [5, 5.41) is 3.26. The monoisotopic (exact) mass is 190 g/mol. The topological polar surface area (TPSA) is 42.3 Å². The fourth-order valence-electron chi connectivity index (χ4n) is 0.622. The molecule has 0 fully saturated rings. The molecule has 5 heteroatoms. The lowest BCUT2D eigenvalue weighted by Crippen LogP contribution is -1.83. The van der Waals surface area contributed by atoms with Gasteiger partial charge in [0, 0.05) is 6.20 Å². The van der Waals surface area contributed by atoms with E-state index in [2.05, 4.69) is 10.2 Å². The van der Waals surface area contributed by atoms with Crippen LogP contribution in [0.5, 0.6) is 0 Å². The van der Waals surface area contributed by atoms with Crippen LogP contribution in [0, 0.1) is 4.91 Å². The first-order valence-corrected chi connectivity index (χ1v) is 3.58. The molecule has 1 heterocycles. The first-order valence-electron chi connectivity index (χ1n) is 2.83. The molecule has 0 saturated heterocycles. The molecule has 0 atom stereocenters. The van der Waals surface area contributed by atoms with Crippen LogP contribution in [0.2, 0.25) is 10.2 Å². The molecular weight excluding hydrogens is 187 g/mol. The first kappa shape index (κ1) is 8.43. The summed E-state index contributed by atoms with van der Waals surface area (Å²) < 4.78 is 0. The van der Waals surface area contributed by atoms with Crippen molar-refractivity contribution < 1.29 is 0 Å². The van der Waals surface area contributed by atoms with E-state index in [0.29, 0.717) is 10.6 Å². The molecule has 1 rings (SSSR count). The Hall–Kier alpha value is -0.670. The second-order valence-electron chi connectivity index (χ2n) is 1.90. The molecule has 58 valence electrons. The van der Waals surface area contributed by atoms with Gasteiger partial charge in [0.25, 0.3) is 0 Å². The fraction of sp³-hybridized carbons (Fsp3) is 0.167. The van der Waals surface area contributed by atoms with Gasteiger partial charge in [-0.25, -0.2) is 4.98 Å². The van der Waals surface area contributed by atoms with Crippen molar-refractivity contribution in [2.45, 2.75) is 6.54 Å². The average molecular weight is 191 g/mol. The Morgan fingerprint density at radius 1 is 1.55 bits per heavy atom. The van der Waals surface area contributed by atoms with Gasteiger partial charge in [-0.15, -0.1) is 0 Å². The van der Waals surface area contributed by atoms with Crippen molar-refractivity contribution in [3.05, 3.63) is 32.9 Å². The molecule has 0 radical (unpaired) electrons. The van der Waals surface area contributed by atoms with Crippen LogP contribution >= 0.6 is 23.2 Å². The molecule has 0 saturated carbocycles. The second-order valence-corrected chi connectivity index (χ2v) is 2.67. The molecule has 0 spiro atoms. The van der Waals surface area contributed by atoms with E-state index in [0.717, 1.165) is 0 Å². The van der Waals surface area contributed by atoms with Crippen molar-refractivity contribution in [1.29, 1.82) is 0 Å². The molecule has 0 aromatic carbocycles. The largest absolute Gasteiger partial charge is 0.243 e. The minimum atomic E-state index is 0.0733. The zero-order valence-corrected chi connectivity index (χ0v) is 6.93. The fourth-order valence-corrected chi connectivity index (χ4v) is 0.914. The van der Waals surface area contributed by atoms with Crippen molar-refractivity contribution in [2.24, 2.45) is 5.18 Å². The van der Waals surface area contributed by atoms with E-state index in [4.69, 9.17) is 23.2 Å². The van der Waals surface area contributed by atoms with Crippen molar-refractivity contribution >= 4 is 23.2 Å². The Bertz CT molecular complexity index is 277. The molecule has 3 nitrogen and oxygen atoms in total. The van der Waals surface area contributed by atoms with E-state index >= 15 is 0 Å². The summed E-state index contributed by atoms with van der Waals surface area (Å²) in [5.74, 6) is 0. The maximum Gasteiger partial charge on any atom is 0.147 e. The Morgan fingerprint density at radius 2 is 2.27 bits per heavy atom. The minimum absolute atomic E-state index is 0.0733. The SMILES string of the molecule is O=NCc1cnc(Cl)c(Cl)c1. The summed E-state index contributed by atoms with van der Waals surface area (Å²) in [4.78, 5) is 13.5. The van der Waals surface area contributed by atoms with Crippen molar-refractivity contribution in [1.82, 2.24) is 4.98 Å². The molecule has 0 N–H and O–H groups in total. The van der Waals surface area contributed by atoms with Crippen molar-refractivity contribution in [3.63, 3.8) is 0 Å². The average Bonchev–Trinajstić information content (AvgIpc) is 1.98. The third kappa shape index (κ3) is 2.13. The summed E-state index contributed by atoms with van der Waals surface area (Å²) in [6.07, 6.45) is 1.47. The number of hydrogen-bond acceptors (Lipinski definition) is 3. The molecule has 0 aliphatic heterocycles. The van der Waals surface area contributed by atoms with Gasteiger partial charge in [0.15, 0.2) is 0 Å². The lowest BCUT2D eigenvalue weighted by atomic mass is 10.3. The van der Waals surface area contributed by atoms with Gasteiger partial charge in [0.05, 0.1) is 5.02 Å². The number of nitroso groups, excluding NO2 is 1. The first-order chi connectivity index (χ1) is 5.24. The maximum atomic E-state index is 9.82. The van der Waals surface area contributed by atoms with Crippen LogP contribution in [0.25, 0.3) is 0 Å². The van der Waals surface area contributed by atoms with Gasteiger partial charge < -0.3 is 0 Å². The number of pyridine rings is 1. The molecule has 0 aliphatic carbocycles. The standard InChI is InChI=1S/C6H4Cl2N2O/c7-5-1-4(3-10-11)2-9-6(5)8/h1-2H,3H2. The van der Waals surface area contributed by atoms with Gasteiger partial charge in [0.2, 0.25) is 0 Å². The van der Waals surface area contributed by atoms with Crippen LogP contribution < -0.4 is 0 Å². The number of nitrogens with zero attached hydrogens (tertiary/aromatic N) is 2. The highest BCUT2D eigenvalue weighted by Crippen LogP contribution is 2.19. The van der Waals surface area contributed by atoms with E-state index in [1.165, 1.54) is 6.20 Å². The van der Waals surface area contributed by atoms with Crippen LogP contribution in [-0.4, -0.2) is 4.98 Å². The molecular formula is C6H4Cl2N2O. The number of halogens is 2.